The fourth-order valence-electron chi connectivity index (χ4n) is 2.82. The van der Waals surface area contributed by atoms with Gasteiger partial charge in [0.15, 0.2) is 6.61 Å². The molecule has 0 spiro atoms. The lowest BCUT2D eigenvalue weighted by molar-refractivity contribution is -0.118. The number of ether oxygens (including phenoxy) is 3. The largest absolute Gasteiger partial charge is 0.491 e. The Morgan fingerprint density at radius 2 is 1.96 bits per heavy atom. The number of hydrogen-bond donors (Lipinski definition) is 1. The van der Waals surface area contributed by atoms with Gasteiger partial charge in [0.25, 0.3) is 5.91 Å². The van der Waals surface area contributed by atoms with Crippen molar-refractivity contribution in [1.29, 1.82) is 0 Å². The number of carbonyl (C=O) groups excluding carboxylic acids is 1. The fraction of sp³-hybridized carbons (Fsp3) is 0.381. The van der Waals surface area contributed by atoms with E-state index in [0.717, 1.165) is 42.1 Å². The minimum atomic E-state index is -0.195. The van der Waals surface area contributed by atoms with Crippen molar-refractivity contribution < 1.29 is 19.0 Å². The van der Waals surface area contributed by atoms with Crippen LogP contribution in [0.1, 0.15) is 24.0 Å². The van der Waals surface area contributed by atoms with Gasteiger partial charge in [0.2, 0.25) is 0 Å². The molecule has 1 fully saturated rings. The summed E-state index contributed by atoms with van der Waals surface area (Å²) in [6.07, 6.45) is 2.34. The van der Waals surface area contributed by atoms with Crippen LogP contribution in [-0.2, 0) is 9.53 Å². The topological polar surface area (TPSA) is 56.8 Å². The van der Waals surface area contributed by atoms with Crippen LogP contribution in [0.4, 0.5) is 5.69 Å². The second-order valence-corrected chi connectivity index (χ2v) is 6.51. The van der Waals surface area contributed by atoms with Crippen molar-refractivity contribution in [1.82, 2.24) is 0 Å². The Balaban J connectivity index is 1.45. The predicted octanol–water partition coefficient (Wildman–Crippen LogP) is 3.88. The van der Waals surface area contributed by atoms with E-state index in [1.807, 2.05) is 56.3 Å². The van der Waals surface area contributed by atoms with Crippen LogP contribution in [0.25, 0.3) is 0 Å². The molecule has 1 atom stereocenters. The second-order valence-electron chi connectivity index (χ2n) is 6.51. The van der Waals surface area contributed by atoms with E-state index in [1.54, 1.807) is 0 Å². The molecule has 1 heterocycles. The molecule has 1 N–H and O–H groups in total. The summed E-state index contributed by atoms with van der Waals surface area (Å²) in [7, 11) is 0. The van der Waals surface area contributed by atoms with Crippen LogP contribution < -0.4 is 14.8 Å². The normalized spacial score (nSPS) is 16.3. The molecule has 1 amide bonds. The lowest BCUT2D eigenvalue weighted by atomic mass is 10.1. The third kappa shape index (κ3) is 4.99. The lowest BCUT2D eigenvalue weighted by Gasteiger charge is -2.13. The number of hydrogen-bond acceptors (Lipinski definition) is 4. The maximum Gasteiger partial charge on any atom is 0.262 e. The molecule has 1 aliphatic heterocycles. The van der Waals surface area contributed by atoms with Crippen LogP contribution in [0.15, 0.2) is 42.5 Å². The van der Waals surface area contributed by atoms with Gasteiger partial charge >= 0.3 is 0 Å². The zero-order valence-corrected chi connectivity index (χ0v) is 15.3. The van der Waals surface area contributed by atoms with Gasteiger partial charge in [-0.15, -0.1) is 0 Å². The minimum Gasteiger partial charge on any atom is -0.491 e. The van der Waals surface area contributed by atoms with Crippen LogP contribution in [0.5, 0.6) is 11.5 Å². The first kappa shape index (κ1) is 18.3. The van der Waals surface area contributed by atoms with Crippen LogP contribution in [0.3, 0.4) is 0 Å². The molecule has 138 valence electrons. The summed E-state index contributed by atoms with van der Waals surface area (Å²) in [5.74, 6) is 1.31. The molecule has 1 aliphatic rings. The van der Waals surface area contributed by atoms with E-state index in [-0.39, 0.29) is 18.6 Å². The van der Waals surface area contributed by atoms with Crippen molar-refractivity contribution in [3.05, 3.63) is 53.6 Å². The van der Waals surface area contributed by atoms with Crippen molar-refractivity contribution in [2.45, 2.75) is 32.8 Å². The molecule has 26 heavy (non-hydrogen) atoms. The quantitative estimate of drug-likeness (QED) is 0.819. The molecule has 2 aromatic rings. The first-order valence-electron chi connectivity index (χ1n) is 8.95. The van der Waals surface area contributed by atoms with Crippen LogP contribution in [0.2, 0.25) is 0 Å². The van der Waals surface area contributed by atoms with E-state index >= 15 is 0 Å². The molecule has 0 radical (unpaired) electrons. The van der Waals surface area contributed by atoms with Gasteiger partial charge < -0.3 is 19.5 Å². The Morgan fingerprint density at radius 3 is 2.69 bits per heavy atom. The van der Waals surface area contributed by atoms with Crippen LogP contribution in [-0.4, -0.2) is 31.8 Å². The van der Waals surface area contributed by atoms with Crippen molar-refractivity contribution in [3.8, 4) is 11.5 Å². The number of carbonyl (C=O) groups is 1. The summed E-state index contributed by atoms with van der Waals surface area (Å²) >= 11 is 0. The van der Waals surface area contributed by atoms with E-state index in [9.17, 15) is 4.79 Å². The average Bonchev–Trinajstić information content (AvgIpc) is 3.16. The highest BCUT2D eigenvalue weighted by atomic mass is 16.5. The highest BCUT2D eigenvalue weighted by molar-refractivity contribution is 5.91. The molecule has 0 unspecified atom stereocenters. The number of anilines is 1. The molecule has 5 nitrogen and oxygen atoms in total. The number of amides is 1. The highest BCUT2D eigenvalue weighted by Gasteiger charge is 2.16. The third-order valence-electron chi connectivity index (χ3n) is 4.51. The molecule has 0 aromatic heterocycles. The van der Waals surface area contributed by atoms with Crippen LogP contribution >= 0.6 is 0 Å². The molecular formula is C21H25NO4. The number of rotatable bonds is 7. The first-order chi connectivity index (χ1) is 12.6. The second kappa shape index (κ2) is 8.72. The van der Waals surface area contributed by atoms with E-state index in [0.29, 0.717) is 12.3 Å². The van der Waals surface area contributed by atoms with Gasteiger partial charge in [-0.1, -0.05) is 12.1 Å². The predicted molar refractivity (Wildman–Crippen MR) is 101 cm³/mol. The van der Waals surface area contributed by atoms with Gasteiger partial charge in [-0.25, -0.2) is 0 Å². The number of aryl methyl sites for hydroxylation is 1. The van der Waals surface area contributed by atoms with Crippen molar-refractivity contribution in [2.24, 2.45) is 0 Å². The highest BCUT2D eigenvalue weighted by Crippen LogP contribution is 2.21. The fourth-order valence-corrected chi connectivity index (χ4v) is 2.82. The first-order valence-corrected chi connectivity index (χ1v) is 8.95. The summed E-state index contributed by atoms with van der Waals surface area (Å²) in [6.45, 7) is 5.36. The van der Waals surface area contributed by atoms with Gasteiger partial charge in [-0.05, 0) is 68.1 Å². The standard InChI is InChI=1S/C21H25NO4/c1-15-5-3-7-20(16(15)2)26-14-21(23)22-17-8-10-18(11-9-17)25-13-19-6-4-12-24-19/h3,5,7-11,19H,4,6,12-14H2,1-2H3,(H,22,23)/t19-/m0/s1. The molecule has 2 aromatic carbocycles. The van der Waals surface area contributed by atoms with E-state index in [1.165, 1.54) is 0 Å². The Labute approximate surface area is 154 Å². The molecule has 0 saturated carbocycles. The Morgan fingerprint density at radius 1 is 1.15 bits per heavy atom. The number of nitrogens with one attached hydrogen (secondary N) is 1. The summed E-state index contributed by atoms with van der Waals surface area (Å²) in [5, 5.41) is 2.83. The van der Waals surface area contributed by atoms with Crippen molar-refractivity contribution >= 4 is 11.6 Å². The average molecular weight is 355 g/mol. The van der Waals surface area contributed by atoms with Crippen molar-refractivity contribution in [3.63, 3.8) is 0 Å². The van der Waals surface area contributed by atoms with Gasteiger partial charge in [0.05, 0.1) is 6.10 Å². The van der Waals surface area contributed by atoms with Gasteiger partial charge in [-0.2, -0.15) is 0 Å². The molecular weight excluding hydrogens is 330 g/mol. The molecule has 0 aliphatic carbocycles. The molecule has 5 heteroatoms. The molecule has 1 saturated heterocycles. The zero-order chi connectivity index (χ0) is 18.4. The van der Waals surface area contributed by atoms with Crippen LogP contribution in [0, 0.1) is 13.8 Å². The maximum atomic E-state index is 12.1. The summed E-state index contributed by atoms with van der Waals surface area (Å²) in [4.78, 5) is 12.1. The SMILES string of the molecule is Cc1cccc(OCC(=O)Nc2ccc(OC[C@@H]3CCCO3)cc2)c1C. The smallest absolute Gasteiger partial charge is 0.262 e. The van der Waals surface area contributed by atoms with E-state index in [2.05, 4.69) is 5.32 Å². The summed E-state index contributed by atoms with van der Waals surface area (Å²) in [5.41, 5.74) is 2.90. The van der Waals surface area contributed by atoms with Crippen molar-refractivity contribution in [2.75, 3.05) is 25.1 Å². The van der Waals surface area contributed by atoms with E-state index in [4.69, 9.17) is 14.2 Å². The van der Waals surface area contributed by atoms with Gasteiger partial charge in [-0.3, -0.25) is 4.79 Å². The van der Waals surface area contributed by atoms with Gasteiger partial charge in [0, 0.05) is 12.3 Å². The Kier molecular flexibility index (Phi) is 6.12. The third-order valence-corrected chi connectivity index (χ3v) is 4.51. The Hall–Kier alpha value is -2.53. The lowest BCUT2D eigenvalue weighted by Crippen LogP contribution is -2.20. The Bertz CT molecular complexity index is 736. The summed E-state index contributed by atoms with van der Waals surface area (Å²) < 4.78 is 16.9. The molecule has 3 rings (SSSR count). The molecule has 0 bridgehead atoms. The minimum absolute atomic E-state index is 0.0262. The monoisotopic (exact) mass is 355 g/mol. The zero-order valence-electron chi connectivity index (χ0n) is 15.3. The van der Waals surface area contributed by atoms with Gasteiger partial charge in [0.1, 0.15) is 18.1 Å². The summed E-state index contributed by atoms with van der Waals surface area (Å²) in [6, 6.07) is 13.1. The maximum absolute atomic E-state index is 12.1. The van der Waals surface area contributed by atoms with E-state index < -0.39 is 0 Å². The number of benzene rings is 2.